The first kappa shape index (κ1) is 20.6. The highest BCUT2D eigenvalue weighted by atomic mass is 16.2. The number of unbranched alkanes of at least 4 members (excludes halogenated alkanes) is 4. The van der Waals surface area contributed by atoms with Crippen molar-refractivity contribution in [3.05, 3.63) is 47.0 Å². The van der Waals surface area contributed by atoms with E-state index in [0.717, 1.165) is 18.4 Å². The number of hydrogen-bond donors (Lipinski definition) is 0. The minimum absolute atomic E-state index is 0.172. The number of hydrogen-bond acceptors (Lipinski definition) is 2. The van der Waals surface area contributed by atoms with E-state index in [1.807, 2.05) is 30.3 Å². The second kappa shape index (κ2) is 11.1. The van der Waals surface area contributed by atoms with Gasteiger partial charge >= 0.3 is 0 Å². The molecule has 3 nitrogen and oxygen atoms in total. The zero-order valence-corrected chi connectivity index (χ0v) is 15.8. The average Bonchev–Trinajstić information content (AvgIpc) is 2.93. The second-order valence-corrected chi connectivity index (χ2v) is 6.15. The number of carbonyl (C=O) groups excluding carboxylic acids is 2. The predicted molar refractivity (Wildman–Crippen MR) is 110 cm³/mol. The Kier molecular flexibility index (Phi) is 8.21. The Morgan fingerprint density at radius 1 is 0.750 bits per heavy atom. The highest BCUT2D eigenvalue weighted by molar-refractivity contribution is 6.23. The maximum atomic E-state index is 12.8. The van der Waals surface area contributed by atoms with Gasteiger partial charge in [0.15, 0.2) is 0 Å². The van der Waals surface area contributed by atoms with E-state index in [-0.39, 0.29) is 17.7 Å². The van der Waals surface area contributed by atoms with Gasteiger partial charge in [-0.25, -0.2) is 0 Å². The normalized spacial score (nSPS) is 12.6. The number of imide groups is 1. The van der Waals surface area contributed by atoms with Crippen molar-refractivity contribution in [2.45, 2.75) is 45.1 Å². The second-order valence-electron chi connectivity index (χ2n) is 6.15. The van der Waals surface area contributed by atoms with Crippen LogP contribution >= 0.6 is 0 Å². The van der Waals surface area contributed by atoms with Crippen LogP contribution < -0.4 is 0 Å². The van der Waals surface area contributed by atoms with Gasteiger partial charge in [0.25, 0.3) is 11.8 Å². The standard InChI is InChI=1S/C25H21NO2/c1-3-5-7-9-14-18-22-23(19-15-10-8-6-4-2)25(28)26(24(22)27)20-21-16-12-11-13-17-21/h1-2,11-13,16-17H,5-10,20H2. The third kappa shape index (κ3) is 5.68. The van der Waals surface area contributed by atoms with Crippen molar-refractivity contribution >= 4 is 11.8 Å². The van der Waals surface area contributed by atoms with E-state index in [4.69, 9.17) is 12.8 Å². The highest BCUT2D eigenvalue weighted by Crippen LogP contribution is 2.22. The summed E-state index contributed by atoms with van der Waals surface area (Å²) in [6.07, 6.45) is 14.4. The van der Waals surface area contributed by atoms with Crippen molar-refractivity contribution in [3.63, 3.8) is 0 Å². The number of rotatable bonds is 6. The molecule has 138 valence electrons. The van der Waals surface area contributed by atoms with Crippen LogP contribution in [0.25, 0.3) is 0 Å². The molecule has 0 radical (unpaired) electrons. The van der Waals surface area contributed by atoms with E-state index in [1.165, 1.54) is 4.90 Å². The Balaban J connectivity index is 2.23. The van der Waals surface area contributed by atoms with Gasteiger partial charge in [0, 0.05) is 25.7 Å². The summed E-state index contributed by atoms with van der Waals surface area (Å²) in [4.78, 5) is 26.8. The SMILES string of the molecule is C#CCCCC#CC1=C(C#CCCCC#C)C(=O)N(Cc2ccccc2)C1=O. The van der Waals surface area contributed by atoms with Crippen molar-refractivity contribution in [2.75, 3.05) is 0 Å². The maximum Gasteiger partial charge on any atom is 0.271 e. The lowest BCUT2D eigenvalue weighted by molar-refractivity contribution is -0.137. The van der Waals surface area contributed by atoms with Crippen LogP contribution in [0.1, 0.15) is 44.1 Å². The minimum Gasteiger partial charge on any atom is -0.269 e. The summed E-state index contributed by atoms with van der Waals surface area (Å²) in [7, 11) is 0. The monoisotopic (exact) mass is 367 g/mol. The van der Waals surface area contributed by atoms with Gasteiger partial charge in [0.1, 0.15) is 11.1 Å². The summed E-state index contributed by atoms with van der Waals surface area (Å²) in [5.74, 6) is 15.9. The fraction of sp³-hybridized carbons (Fsp3) is 0.280. The lowest BCUT2D eigenvalue weighted by atomic mass is 10.1. The van der Waals surface area contributed by atoms with Crippen LogP contribution in [0.15, 0.2) is 41.5 Å². The molecular weight excluding hydrogens is 346 g/mol. The molecular formula is C25H21NO2. The molecule has 2 rings (SSSR count). The van der Waals surface area contributed by atoms with E-state index in [1.54, 1.807) is 0 Å². The van der Waals surface area contributed by atoms with Crippen molar-refractivity contribution in [1.82, 2.24) is 4.90 Å². The number of nitrogens with zero attached hydrogens (tertiary/aromatic N) is 1. The fourth-order valence-corrected chi connectivity index (χ4v) is 2.58. The molecule has 3 heteroatoms. The van der Waals surface area contributed by atoms with Crippen LogP contribution in [-0.4, -0.2) is 16.7 Å². The molecule has 0 bridgehead atoms. The predicted octanol–water partition coefficient (Wildman–Crippen LogP) is 3.47. The molecule has 0 saturated heterocycles. The van der Waals surface area contributed by atoms with E-state index >= 15 is 0 Å². The quantitative estimate of drug-likeness (QED) is 0.439. The molecule has 0 fully saturated rings. The first-order chi connectivity index (χ1) is 13.7. The highest BCUT2D eigenvalue weighted by Gasteiger charge is 2.36. The van der Waals surface area contributed by atoms with Crippen molar-refractivity contribution < 1.29 is 9.59 Å². The summed E-state index contributed by atoms with van der Waals surface area (Å²) >= 11 is 0. The summed E-state index contributed by atoms with van der Waals surface area (Å²) in [6, 6.07) is 9.36. The van der Waals surface area contributed by atoms with Crippen LogP contribution in [0.5, 0.6) is 0 Å². The summed E-state index contributed by atoms with van der Waals surface area (Å²) in [6.45, 7) is 0.197. The fourth-order valence-electron chi connectivity index (χ4n) is 2.58. The Morgan fingerprint density at radius 3 is 1.71 bits per heavy atom. The smallest absolute Gasteiger partial charge is 0.269 e. The lowest BCUT2D eigenvalue weighted by Crippen LogP contribution is -2.31. The van der Waals surface area contributed by atoms with Gasteiger partial charge in [-0.05, 0) is 18.4 Å². The summed E-state index contributed by atoms with van der Waals surface area (Å²) in [5, 5.41) is 0. The van der Waals surface area contributed by atoms with Gasteiger partial charge in [-0.1, -0.05) is 54.0 Å². The molecule has 0 aromatic heterocycles. The van der Waals surface area contributed by atoms with Gasteiger partial charge in [-0.3, -0.25) is 14.5 Å². The van der Waals surface area contributed by atoms with Crippen LogP contribution in [0, 0.1) is 48.4 Å². The minimum atomic E-state index is -0.397. The first-order valence-electron chi connectivity index (χ1n) is 9.18. The molecule has 0 N–H and O–H groups in total. The van der Waals surface area contributed by atoms with Crippen molar-refractivity contribution in [1.29, 1.82) is 0 Å². The van der Waals surface area contributed by atoms with Gasteiger partial charge in [0.05, 0.1) is 6.54 Å². The number of amides is 2. The Labute approximate surface area is 167 Å². The topological polar surface area (TPSA) is 37.4 Å². The molecule has 1 heterocycles. The van der Waals surface area contributed by atoms with Crippen LogP contribution in [0.2, 0.25) is 0 Å². The molecule has 0 unspecified atom stereocenters. The first-order valence-corrected chi connectivity index (χ1v) is 9.18. The maximum absolute atomic E-state index is 12.8. The molecule has 1 aliphatic rings. The third-order valence-corrected chi connectivity index (χ3v) is 4.02. The Hall–Kier alpha value is -3.66. The molecule has 1 aliphatic heterocycles. The van der Waals surface area contributed by atoms with Crippen LogP contribution in [0.4, 0.5) is 0 Å². The van der Waals surface area contributed by atoms with Gasteiger partial charge in [-0.15, -0.1) is 24.7 Å². The zero-order valence-electron chi connectivity index (χ0n) is 15.8. The van der Waals surface area contributed by atoms with Gasteiger partial charge in [-0.2, -0.15) is 0 Å². The molecule has 2 amide bonds. The number of benzene rings is 1. The molecule has 1 aromatic carbocycles. The van der Waals surface area contributed by atoms with E-state index in [9.17, 15) is 9.59 Å². The molecule has 0 saturated carbocycles. The van der Waals surface area contributed by atoms with Gasteiger partial charge < -0.3 is 0 Å². The van der Waals surface area contributed by atoms with E-state index in [2.05, 4.69) is 35.5 Å². The molecule has 0 atom stereocenters. The number of terminal acetylenes is 2. The molecule has 1 aromatic rings. The van der Waals surface area contributed by atoms with E-state index in [0.29, 0.717) is 25.7 Å². The zero-order chi connectivity index (χ0) is 20.2. The summed E-state index contributed by atoms with van der Waals surface area (Å²) in [5.41, 5.74) is 1.21. The number of carbonyl (C=O) groups is 2. The van der Waals surface area contributed by atoms with Gasteiger partial charge in [0.2, 0.25) is 0 Å². The van der Waals surface area contributed by atoms with E-state index < -0.39 is 11.8 Å². The lowest BCUT2D eigenvalue weighted by Gasteiger charge is -2.14. The van der Waals surface area contributed by atoms with Crippen LogP contribution in [-0.2, 0) is 16.1 Å². The molecule has 0 aliphatic carbocycles. The Bertz CT molecular complexity index is 903. The largest absolute Gasteiger partial charge is 0.271 e. The average molecular weight is 367 g/mol. The van der Waals surface area contributed by atoms with Crippen molar-refractivity contribution in [2.24, 2.45) is 0 Å². The third-order valence-electron chi connectivity index (χ3n) is 4.02. The summed E-state index contributed by atoms with van der Waals surface area (Å²) < 4.78 is 0. The van der Waals surface area contributed by atoms with Crippen LogP contribution in [0.3, 0.4) is 0 Å². The molecule has 28 heavy (non-hydrogen) atoms. The molecule has 0 spiro atoms. The van der Waals surface area contributed by atoms with Crippen molar-refractivity contribution in [3.8, 4) is 48.4 Å². The Morgan fingerprint density at radius 2 is 1.25 bits per heavy atom.